The van der Waals surface area contributed by atoms with Crippen LogP contribution in [0, 0.1) is 5.82 Å². The van der Waals surface area contributed by atoms with Crippen LogP contribution in [0.4, 0.5) is 4.39 Å². The fraction of sp³-hybridized carbons (Fsp3) is 0.286. The van der Waals surface area contributed by atoms with Gasteiger partial charge in [-0.2, -0.15) is 0 Å². The molecule has 0 bridgehead atoms. The standard InChI is InChI=1S/C21H22FN3O2S/c1-3-12-25-20(27)17-6-4-5-7-18(17)24-21(25)28-14(2)19(26)23-13-15-8-10-16(22)11-9-15/h4-11,14H,3,12-13H2,1-2H3,(H,23,26). The van der Waals surface area contributed by atoms with Crippen LogP contribution >= 0.6 is 11.8 Å². The Bertz CT molecular complexity index is 1030. The summed E-state index contributed by atoms with van der Waals surface area (Å²) in [6.07, 6.45) is 0.790. The average Bonchev–Trinajstić information content (AvgIpc) is 2.70. The molecule has 146 valence electrons. The van der Waals surface area contributed by atoms with E-state index in [4.69, 9.17) is 0 Å². The van der Waals surface area contributed by atoms with E-state index in [0.29, 0.717) is 29.1 Å². The maximum Gasteiger partial charge on any atom is 0.262 e. The summed E-state index contributed by atoms with van der Waals surface area (Å²) in [4.78, 5) is 29.9. The molecular weight excluding hydrogens is 377 g/mol. The van der Waals surface area contributed by atoms with Crippen LogP contribution in [0.2, 0.25) is 0 Å². The van der Waals surface area contributed by atoms with Crippen molar-refractivity contribution >= 4 is 28.6 Å². The number of benzene rings is 2. The maximum absolute atomic E-state index is 13.0. The van der Waals surface area contributed by atoms with Crippen LogP contribution in [-0.4, -0.2) is 20.7 Å². The summed E-state index contributed by atoms with van der Waals surface area (Å²) in [6.45, 7) is 4.64. The smallest absolute Gasteiger partial charge is 0.262 e. The molecule has 0 saturated heterocycles. The average molecular weight is 399 g/mol. The minimum atomic E-state index is -0.434. The number of rotatable bonds is 7. The number of hydrogen-bond acceptors (Lipinski definition) is 4. The Balaban J connectivity index is 1.76. The lowest BCUT2D eigenvalue weighted by Crippen LogP contribution is -2.31. The van der Waals surface area contributed by atoms with Crippen molar-refractivity contribution < 1.29 is 9.18 Å². The first-order valence-corrected chi connectivity index (χ1v) is 10.1. The SMILES string of the molecule is CCCn1c(SC(C)C(=O)NCc2ccc(F)cc2)nc2ccccc2c1=O. The zero-order valence-electron chi connectivity index (χ0n) is 15.8. The fourth-order valence-electron chi connectivity index (χ4n) is 2.81. The van der Waals surface area contributed by atoms with Crippen molar-refractivity contribution in [3.8, 4) is 0 Å². The molecule has 1 amide bonds. The summed E-state index contributed by atoms with van der Waals surface area (Å²) in [7, 11) is 0. The number of aromatic nitrogens is 2. The predicted molar refractivity (Wildman–Crippen MR) is 110 cm³/mol. The van der Waals surface area contributed by atoms with E-state index in [-0.39, 0.29) is 17.3 Å². The molecule has 1 unspecified atom stereocenters. The van der Waals surface area contributed by atoms with E-state index in [1.807, 2.05) is 19.1 Å². The van der Waals surface area contributed by atoms with E-state index in [1.165, 1.54) is 23.9 Å². The molecule has 0 spiro atoms. The number of fused-ring (bicyclic) bond motifs is 1. The number of hydrogen-bond donors (Lipinski definition) is 1. The molecule has 0 aliphatic heterocycles. The summed E-state index contributed by atoms with van der Waals surface area (Å²) >= 11 is 1.26. The predicted octanol–water partition coefficient (Wildman–Crippen LogP) is 3.74. The van der Waals surface area contributed by atoms with E-state index < -0.39 is 5.25 Å². The Hall–Kier alpha value is -2.67. The molecule has 3 aromatic rings. The molecule has 0 fully saturated rings. The minimum Gasteiger partial charge on any atom is -0.351 e. The van der Waals surface area contributed by atoms with E-state index in [2.05, 4.69) is 10.3 Å². The zero-order valence-corrected chi connectivity index (χ0v) is 16.6. The summed E-state index contributed by atoms with van der Waals surface area (Å²) in [5, 5.41) is 3.53. The number of para-hydroxylation sites is 1. The second-order valence-electron chi connectivity index (χ2n) is 6.47. The van der Waals surface area contributed by atoms with Gasteiger partial charge in [0.25, 0.3) is 5.56 Å². The Morgan fingerprint density at radius 3 is 2.64 bits per heavy atom. The van der Waals surface area contributed by atoms with Crippen LogP contribution < -0.4 is 10.9 Å². The van der Waals surface area contributed by atoms with Gasteiger partial charge in [0.15, 0.2) is 5.16 Å². The van der Waals surface area contributed by atoms with E-state index >= 15 is 0 Å². The van der Waals surface area contributed by atoms with Gasteiger partial charge in [-0.3, -0.25) is 14.2 Å². The molecule has 0 radical (unpaired) electrons. The van der Waals surface area contributed by atoms with Gasteiger partial charge in [0, 0.05) is 13.1 Å². The normalized spacial score (nSPS) is 12.1. The van der Waals surface area contributed by atoms with Crippen LogP contribution in [0.15, 0.2) is 58.5 Å². The molecule has 0 saturated carbocycles. The van der Waals surface area contributed by atoms with Crippen molar-refractivity contribution in [2.45, 2.75) is 43.8 Å². The van der Waals surface area contributed by atoms with Crippen LogP contribution in [0.3, 0.4) is 0 Å². The van der Waals surface area contributed by atoms with Crippen molar-refractivity contribution in [1.82, 2.24) is 14.9 Å². The molecule has 1 aromatic heterocycles. The molecule has 1 heterocycles. The van der Waals surface area contributed by atoms with Gasteiger partial charge in [-0.15, -0.1) is 0 Å². The Labute approximate surface area is 167 Å². The highest BCUT2D eigenvalue weighted by Crippen LogP contribution is 2.23. The van der Waals surface area contributed by atoms with E-state index in [9.17, 15) is 14.0 Å². The van der Waals surface area contributed by atoms with Gasteiger partial charge in [-0.05, 0) is 43.2 Å². The van der Waals surface area contributed by atoms with Crippen molar-refractivity contribution in [1.29, 1.82) is 0 Å². The molecule has 3 rings (SSSR count). The summed E-state index contributed by atoms with van der Waals surface area (Å²) < 4.78 is 14.6. The number of nitrogens with zero attached hydrogens (tertiary/aromatic N) is 2. The monoisotopic (exact) mass is 399 g/mol. The van der Waals surface area contributed by atoms with Crippen molar-refractivity contribution in [2.24, 2.45) is 0 Å². The molecule has 7 heteroatoms. The highest BCUT2D eigenvalue weighted by atomic mass is 32.2. The summed E-state index contributed by atoms with van der Waals surface area (Å²) in [6, 6.07) is 13.2. The molecule has 28 heavy (non-hydrogen) atoms. The van der Waals surface area contributed by atoms with Crippen molar-refractivity contribution in [3.63, 3.8) is 0 Å². The van der Waals surface area contributed by atoms with Gasteiger partial charge in [-0.25, -0.2) is 9.37 Å². The van der Waals surface area contributed by atoms with Crippen LogP contribution in [-0.2, 0) is 17.9 Å². The molecule has 0 aliphatic carbocycles. The number of thioether (sulfide) groups is 1. The van der Waals surface area contributed by atoms with Gasteiger partial charge < -0.3 is 5.32 Å². The number of amides is 1. The third-order valence-electron chi connectivity index (χ3n) is 4.31. The van der Waals surface area contributed by atoms with Gasteiger partial charge in [0.05, 0.1) is 16.2 Å². The third kappa shape index (κ3) is 4.59. The van der Waals surface area contributed by atoms with Gasteiger partial charge in [0.1, 0.15) is 5.82 Å². The lowest BCUT2D eigenvalue weighted by Gasteiger charge is -2.16. The minimum absolute atomic E-state index is 0.0890. The molecule has 2 aromatic carbocycles. The Morgan fingerprint density at radius 2 is 1.93 bits per heavy atom. The maximum atomic E-state index is 13.0. The lowest BCUT2D eigenvalue weighted by molar-refractivity contribution is -0.120. The second kappa shape index (κ2) is 9.01. The lowest BCUT2D eigenvalue weighted by atomic mass is 10.2. The number of halogens is 1. The van der Waals surface area contributed by atoms with Gasteiger partial charge >= 0.3 is 0 Å². The Kier molecular flexibility index (Phi) is 6.46. The Morgan fingerprint density at radius 1 is 1.21 bits per heavy atom. The summed E-state index contributed by atoms with van der Waals surface area (Å²) in [5.74, 6) is -0.477. The first-order valence-electron chi connectivity index (χ1n) is 9.18. The van der Waals surface area contributed by atoms with Crippen LogP contribution in [0.25, 0.3) is 10.9 Å². The molecule has 0 aliphatic rings. The zero-order chi connectivity index (χ0) is 20.1. The number of carbonyl (C=O) groups excluding carboxylic acids is 1. The van der Waals surface area contributed by atoms with Crippen molar-refractivity contribution in [2.75, 3.05) is 0 Å². The largest absolute Gasteiger partial charge is 0.351 e. The second-order valence-corrected chi connectivity index (χ2v) is 7.78. The molecule has 1 N–H and O–H groups in total. The van der Waals surface area contributed by atoms with Crippen LogP contribution in [0.5, 0.6) is 0 Å². The van der Waals surface area contributed by atoms with Crippen molar-refractivity contribution in [3.05, 3.63) is 70.3 Å². The van der Waals surface area contributed by atoms with E-state index in [1.54, 1.807) is 35.8 Å². The topological polar surface area (TPSA) is 64.0 Å². The number of carbonyl (C=O) groups is 1. The molecule has 1 atom stereocenters. The van der Waals surface area contributed by atoms with E-state index in [0.717, 1.165) is 12.0 Å². The summed E-state index contributed by atoms with van der Waals surface area (Å²) in [5.41, 5.74) is 1.36. The van der Waals surface area contributed by atoms with Gasteiger partial charge in [-0.1, -0.05) is 43.0 Å². The highest BCUT2D eigenvalue weighted by Gasteiger charge is 2.19. The third-order valence-corrected chi connectivity index (χ3v) is 5.40. The van der Waals surface area contributed by atoms with Crippen LogP contribution in [0.1, 0.15) is 25.8 Å². The fourth-order valence-corrected chi connectivity index (χ4v) is 3.76. The number of nitrogens with one attached hydrogen (secondary N) is 1. The molecular formula is C21H22FN3O2S. The first kappa shape index (κ1) is 20.1. The quantitative estimate of drug-likeness (QED) is 0.486. The highest BCUT2D eigenvalue weighted by molar-refractivity contribution is 8.00. The molecule has 5 nitrogen and oxygen atoms in total. The van der Waals surface area contributed by atoms with Gasteiger partial charge in [0.2, 0.25) is 5.91 Å². The first-order chi connectivity index (χ1) is 13.5.